The van der Waals surface area contributed by atoms with Gasteiger partial charge in [0.15, 0.2) is 0 Å². The zero-order valence-electron chi connectivity index (χ0n) is 16.6. The van der Waals surface area contributed by atoms with Gasteiger partial charge < -0.3 is 14.7 Å². The van der Waals surface area contributed by atoms with Crippen molar-refractivity contribution in [1.82, 2.24) is 19.1 Å². The maximum absolute atomic E-state index is 12.4. The number of aryl methyl sites for hydroxylation is 1. The number of aliphatic hydroxyl groups excluding tert-OH is 1. The number of amides is 1. The topological polar surface area (TPSA) is 89.1 Å². The average Bonchev–Trinajstić information content (AvgIpc) is 3.01. The Hall–Kier alpha value is -2.35. The van der Waals surface area contributed by atoms with Crippen molar-refractivity contribution in [2.24, 2.45) is 7.05 Å². The Morgan fingerprint density at radius 2 is 2.07 bits per heavy atom. The lowest BCUT2D eigenvalue weighted by atomic mass is 9.89. The van der Waals surface area contributed by atoms with Crippen molar-refractivity contribution in [2.75, 3.05) is 6.54 Å². The number of carbonyl (C=O) groups is 1. The molecule has 1 N–H and O–H groups in total. The number of fused-ring (bicyclic) bond motifs is 1. The second-order valence-electron chi connectivity index (χ2n) is 8.27. The van der Waals surface area contributed by atoms with Gasteiger partial charge in [-0.25, -0.2) is 9.31 Å². The lowest BCUT2D eigenvalue weighted by Gasteiger charge is -2.38. The number of hydrogen-bond donors (Lipinski definition) is 1. The van der Waals surface area contributed by atoms with Crippen LogP contribution in [0.2, 0.25) is 0 Å². The van der Waals surface area contributed by atoms with Crippen LogP contribution in [0.15, 0.2) is 16.9 Å². The smallest absolute Gasteiger partial charge is 0.410 e. The molecule has 27 heavy (non-hydrogen) atoms. The van der Waals surface area contributed by atoms with Crippen molar-refractivity contribution < 1.29 is 14.6 Å². The lowest BCUT2D eigenvalue weighted by Crippen LogP contribution is -2.46. The summed E-state index contributed by atoms with van der Waals surface area (Å²) in [4.78, 5) is 26.6. The summed E-state index contributed by atoms with van der Waals surface area (Å²) in [6.45, 7) is 7.95. The van der Waals surface area contributed by atoms with Crippen LogP contribution < -0.4 is 5.56 Å². The molecule has 148 valence electrons. The fourth-order valence-electron chi connectivity index (χ4n) is 3.65. The number of aromatic nitrogens is 3. The number of likely N-dealkylation sites (tertiary alicyclic amines) is 1. The molecule has 0 saturated carbocycles. The third kappa shape index (κ3) is 3.85. The van der Waals surface area contributed by atoms with E-state index in [1.165, 1.54) is 4.57 Å². The Kier molecular flexibility index (Phi) is 5.03. The van der Waals surface area contributed by atoms with Crippen molar-refractivity contribution in [3.63, 3.8) is 0 Å². The van der Waals surface area contributed by atoms with Gasteiger partial charge in [-0.1, -0.05) is 0 Å². The Labute approximate surface area is 158 Å². The normalized spacial score (nSPS) is 20.9. The molecule has 0 radical (unpaired) electrons. The van der Waals surface area contributed by atoms with E-state index in [2.05, 4.69) is 5.10 Å². The number of rotatable bonds is 2. The van der Waals surface area contributed by atoms with Gasteiger partial charge in [-0.3, -0.25) is 9.36 Å². The molecule has 1 aliphatic heterocycles. The van der Waals surface area contributed by atoms with E-state index in [4.69, 9.17) is 4.74 Å². The molecule has 3 rings (SSSR count). The second-order valence-corrected chi connectivity index (χ2v) is 8.27. The second kappa shape index (κ2) is 6.99. The van der Waals surface area contributed by atoms with Crippen LogP contribution in [0.4, 0.5) is 4.79 Å². The minimum absolute atomic E-state index is 0.00872. The van der Waals surface area contributed by atoms with E-state index in [0.29, 0.717) is 17.9 Å². The Bertz CT molecular complexity index is 909. The van der Waals surface area contributed by atoms with E-state index < -0.39 is 5.60 Å². The van der Waals surface area contributed by atoms with Crippen molar-refractivity contribution in [3.8, 4) is 0 Å². The molecule has 2 atom stereocenters. The van der Waals surface area contributed by atoms with Gasteiger partial charge in [0, 0.05) is 37.7 Å². The molecule has 2 aromatic heterocycles. The minimum atomic E-state index is -0.527. The van der Waals surface area contributed by atoms with Crippen LogP contribution in [0, 0.1) is 0 Å². The molecule has 1 amide bonds. The molecule has 0 spiro atoms. The predicted molar refractivity (Wildman–Crippen MR) is 101 cm³/mol. The highest BCUT2D eigenvalue weighted by molar-refractivity contribution is 5.68. The van der Waals surface area contributed by atoms with Crippen molar-refractivity contribution in [3.05, 3.63) is 33.9 Å². The SMILES string of the molecule is C[C@@H]1CC(c2cc(=O)n(C)c3cc(CO)nn23)CCN1C(=O)OC(C)(C)C. The summed E-state index contributed by atoms with van der Waals surface area (Å²) in [6, 6.07) is 3.33. The number of hydrogen-bond acceptors (Lipinski definition) is 5. The van der Waals surface area contributed by atoms with E-state index in [-0.39, 0.29) is 30.2 Å². The van der Waals surface area contributed by atoms with Crippen LogP contribution in [0.3, 0.4) is 0 Å². The van der Waals surface area contributed by atoms with Gasteiger partial charge in [0.05, 0.1) is 18.0 Å². The summed E-state index contributed by atoms with van der Waals surface area (Å²) < 4.78 is 8.77. The van der Waals surface area contributed by atoms with Crippen LogP contribution in [-0.2, 0) is 18.4 Å². The van der Waals surface area contributed by atoms with Crippen molar-refractivity contribution >= 4 is 11.7 Å². The van der Waals surface area contributed by atoms with Crippen molar-refractivity contribution in [1.29, 1.82) is 0 Å². The summed E-state index contributed by atoms with van der Waals surface area (Å²) in [5.74, 6) is 0.0986. The number of nitrogens with zero attached hydrogens (tertiary/aromatic N) is 4. The first kappa shape index (κ1) is 19.4. The van der Waals surface area contributed by atoms with E-state index in [0.717, 1.165) is 18.5 Å². The number of aliphatic hydroxyl groups is 1. The third-order valence-corrected chi connectivity index (χ3v) is 5.02. The molecule has 0 aliphatic carbocycles. The maximum Gasteiger partial charge on any atom is 0.410 e. The molecule has 0 bridgehead atoms. The molecule has 1 saturated heterocycles. The van der Waals surface area contributed by atoms with Gasteiger partial charge >= 0.3 is 6.09 Å². The van der Waals surface area contributed by atoms with Crippen LogP contribution in [-0.4, -0.2) is 48.5 Å². The molecule has 3 heterocycles. The molecule has 0 aromatic carbocycles. The number of carbonyl (C=O) groups excluding carboxylic acids is 1. The van der Waals surface area contributed by atoms with Gasteiger partial charge in [0.2, 0.25) is 0 Å². The summed E-state index contributed by atoms with van der Waals surface area (Å²) in [6.07, 6.45) is 1.14. The minimum Gasteiger partial charge on any atom is -0.444 e. The van der Waals surface area contributed by atoms with Gasteiger partial charge in [0.25, 0.3) is 5.56 Å². The van der Waals surface area contributed by atoms with Gasteiger partial charge in [-0.2, -0.15) is 5.10 Å². The monoisotopic (exact) mass is 376 g/mol. The largest absolute Gasteiger partial charge is 0.444 e. The highest BCUT2D eigenvalue weighted by atomic mass is 16.6. The average molecular weight is 376 g/mol. The molecule has 8 heteroatoms. The maximum atomic E-state index is 12.4. The molecule has 1 fully saturated rings. The Balaban J connectivity index is 1.87. The standard InChI is InChI=1S/C19H28N4O4/c1-12-8-13(6-7-22(12)18(26)27-19(2,3)4)15-10-17(25)21(5)16-9-14(11-24)20-23(15)16/h9-10,12-13,24H,6-8,11H2,1-5H3/t12-,13?/m1/s1. The predicted octanol–water partition coefficient (Wildman–Crippen LogP) is 2.03. The molecular weight excluding hydrogens is 348 g/mol. The Morgan fingerprint density at radius 3 is 2.67 bits per heavy atom. The lowest BCUT2D eigenvalue weighted by molar-refractivity contribution is 0.0102. The fraction of sp³-hybridized carbons (Fsp3) is 0.632. The zero-order valence-corrected chi connectivity index (χ0v) is 16.6. The summed E-state index contributed by atoms with van der Waals surface area (Å²) >= 11 is 0. The van der Waals surface area contributed by atoms with Gasteiger partial charge in [0.1, 0.15) is 11.2 Å². The van der Waals surface area contributed by atoms with E-state index in [1.807, 2.05) is 27.7 Å². The molecule has 1 aliphatic rings. The highest BCUT2D eigenvalue weighted by Crippen LogP contribution is 2.32. The zero-order chi connectivity index (χ0) is 19.9. The summed E-state index contributed by atoms with van der Waals surface area (Å²) in [5.41, 5.74) is 1.37. The first-order valence-corrected chi connectivity index (χ1v) is 9.30. The van der Waals surface area contributed by atoms with Crippen LogP contribution in [0.5, 0.6) is 0 Å². The third-order valence-electron chi connectivity index (χ3n) is 5.02. The number of ether oxygens (including phenoxy) is 1. The fourth-order valence-corrected chi connectivity index (χ4v) is 3.65. The van der Waals surface area contributed by atoms with Crippen LogP contribution in [0.1, 0.15) is 57.8 Å². The quantitative estimate of drug-likeness (QED) is 0.866. The van der Waals surface area contributed by atoms with E-state index in [9.17, 15) is 14.7 Å². The van der Waals surface area contributed by atoms with E-state index >= 15 is 0 Å². The number of piperidine rings is 1. The summed E-state index contributed by atoms with van der Waals surface area (Å²) in [5, 5.41) is 13.8. The van der Waals surface area contributed by atoms with Crippen molar-refractivity contribution in [2.45, 2.75) is 64.7 Å². The summed E-state index contributed by atoms with van der Waals surface area (Å²) in [7, 11) is 1.69. The molecule has 2 aromatic rings. The molecule has 8 nitrogen and oxygen atoms in total. The van der Waals surface area contributed by atoms with Gasteiger partial charge in [-0.15, -0.1) is 0 Å². The highest BCUT2D eigenvalue weighted by Gasteiger charge is 2.33. The first-order chi connectivity index (χ1) is 12.6. The van der Waals surface area contributed by atoms with Crippen LogP contribution in [0.25, 0.3) is 5.65 Å². The van der Waals surface area contributed by atoms with Crippen LogP contribution >= 0.6 is 0 Å². The van der Waals surface area contributed by atoms with Gasteiger partial charge in [-0.05, 0) is 40.5 Å². The Morgan fingerprint density at radius 1 is 1.37 bits per heavy atom. The first-order valence-electron chi connectivity index (χ1n) is 9.30. The molecular formula is C19H28N4O4. The molecule has 1 unspecified atom stereocenters. The van der Waals surface area contributed by atoms with E-state index in [1.54, 1.807) is 28.6 Å².